The SMILES string of the molecule is CC(C)(C)c1ccnc(-n2c3ccccc3c3c(C(C)(C)C)cc(Oc4cc(-c5ccccc5)cc(-n5[c-][n+](-c6cccc(C(C)(C)c7ccccc7)c6)c(C(C)(C)c6ccccc6)c5)c4)cc32)c1. The second-order valence-electron chi connectivity index (χ2n) is 21.7. The van der Waals surface area contributed by atoms with Gasteiger partial charge in [-0.05, 0) is 104 Å². The van der Waals surface area contributed by atoms with Gasteiger partial charge in [0.2, 0.25) is 0 Å². The summed E-state index contributed by atoms with van der Waals surface area (Å²) in [5, 5.41) is 2.41. The summed E-state index contributed by atoms with van der Waals surface area (Å²) in [6.45, 7) is 22.8. The first kappa shape index (κ1) is 45.3. The van der Waals surface area contributed by atoms with Gasteiger partial charge < -0.3 is 4.74 Å². The molecule has 0 saturated heterocycles. The van der Waals surface area contributed by atoms with E-state index in [4.69, 9.17) is 9.72 Å². The first-order valence-electron chi connectivity index (χ1n) is 24.2. The lowest BCUT2D eigenvalue weighted by Gasteiger charge is -2.29. The molecule has 0 aliphatic carbocycles. The Kier molecular flexibility index (Phi) is 11.3. The Morgan fingerprint density at radius 2 is 1.12 bits per heavy atom. The molecule has 0 radical (unpaired) electrons. The molecule has 10 aromatic rings. The van der Waals surface area contributed by atoms with Crippen LogP contribution in [-0.2, 0) is 21.7 Å². The highest BCUT2D eigenvalue weighted by Crippen LogP contribution is 2.43. The zero-order valence-corrected chi connectivity index (χ0v) is 41.7. The number of aromatic nitrogens is 4. The summed E-state index contributed by atoms with van der Waals surface area (Å²) >= 11 is 0. The Balaban J connectivity index is 1.16. The van der Waals surface area contributed by atoms with Crippen LogP contribution in [0.25, 0.3) is 50.1 Å². The van der Waals surface area contributed by atoms with E-state index in [9.17, 15) is 0 Å². The highest BCUT2D eigenvalue weighted by Gasteiger charge is 2.31. The molecular formula is C64H62N4O. The molecule has 0 unspecified atom stereocenters. The molecule has 0 aliphatic rings. The van der Waals surface area contributed by atoms with Crippen molar-refractivity contribution in [1.82, 2.24) is 14.1 Å². The quantitative estimate of drug-likeness (QED) is 0.101. The van der Waals surface area contributed by atoms with Crippen molar-refractivity contribution in [3.05, 3.63) is 234 Å². The molecular weight excluding hydrogens is 841 g/mol. The molecule has 69 heavy (non-hydrogen) atoms. The zero-order valence-electron chi connectivity index (χ0n) is 41.7. The number of pyridine rings is 1. The third-order valence-corrected chi connectivity index (χ3v) is 14.1. The Morgan fingerprint density at radius 1 is 0.493 bits per heavy atom. The largest absolute Gasteiger partial charge is 0.458 e. The molecule has 3 aromatic heterocycles. The van der Waals surface area contributed by atoms with Gasteiger partial charge in [-0.15, -0.1) is 0 Å². The van der Waals surface area contributed by atoms with Gasteiger partial charge in [-0.2, -0.15) is 0 Å². The summed E-state index contributed by atoms with van der Waals surface area (Å²) in [4.78, 5) is 5.00. The highest BCUT2D eigenvalue weighted by molar-refractivity contribution is 6.11. The van der Waals surface area contributed by atoms with E-state index >= 15 is 0 Å². The molecule has 3 heterocycles. The van der Waals surface area contributed by atoms with Crippen molar-refractivity contribution in [2.24, 2.45) is 0 Å². The first-order valence-corrected chi connectivity index (χ1v) is 24.2. The fourth-order valence-corrected chi connectivity index (χ4v) is 9.89. The van der Waals surface area contributed by atoms with Crippen LogP contribution in [0.2, 0.25) is 0 Å². The van der Waals surface area contributed by atoms with Gasteiger partial charge in [-0.1, -0.05) is 191 Å². The number of hydrogen-bond acceptors (Lipinski definition) is 2. The molecule has 0 amide bonds. The van der Waals surface area contributed by atoms with E-state index in [2.05, 4.69) is 277 Å². The lowest BCUT2D eigenvalue weighted by molar-refractivity contribution is -0.611. The molecule has 0 N–H and O–H groups in total. The number of imidazole rings is 1. The van der Waals surface area contributed by atoms with E-state index in [0.717, 1.165) is 56.5 Å². The smallest absolute Gasteiger partial charge is 0.269 e. The minimum atomic E-state index is -0.386. The van der Waals surface area contributed by atoms with Crippen molar-refractivity contribution < 1.29 is 9.30 Å². The third-order valence-electron chi connectivity index (χ3n) is 14.1. The fourth-order valence-electron chi connectivity index (χ4n) is 9.89. The van der Waals surface area contributed by atoms with Crippen LogP contribution in [0.3, 0.4) is 0 Å². The molecule has 7 aromatic carbocycles. The van der Waals surface area contributed by atoms with E-state index in [1.807, 2.05) is 6.20 Å². The molecule has 0 fully saturated rings. The predicted octanol–water partition coefficient (Wildman–Crippen LogP) is 15.8. The summed E-state index contributed by atoms with van der Waals surface area (Å²) in [5.74, 6) is 2.37. The molecule has 5 heteroatoms. The Morgan fingerprint density at radius 3 is 1.80 bits per heavy atom. The van der Waals surface area contributed by atoms with Crippen molar-refractivity contribution in [3.63, 3.8) is 0 Å². The monoisotopic (exact) mass is 902 g/mol. The fraction of sp³-hybridized carbons (Fsp3) is 0.219. The van der Waals surface area contributed by atoms with Crippen LogP contribution in [0.15, 0.2) is 194 Å². The van der Waals surface area contributed by atoms with E-state index in [0.29, 0.717) is 0 Å². The molecule has 0 atom stereocenters. The summed E-state index contributed by atoms with van der Waals surface area (Å²) in [7, 11) is 0. The number of ether oxygens (including phenoxy) is 1. The van der Waals surface area contributed by atoms with Crippen molar-refractivity contribution in [2.75, 3.05) is 0 Å². The average molecular weight is 903 g/mol. The van der Waals surface area contributed by atoms with Crippen LogP contribution in [0, 0.1) is 6.33 Å². The van der Waals surface area contributed by atoms with E-state index in [1.54, 1.807) is 0 Å². The molecule has 0 saturated carbocycles. The topological polar surface area (TPSA) is 35.9 Å². The Labute approximate surface area is 408 Å². The van der Waals surface area contributed by atoms with E-state index in [1.165, 1.54) is 38.6 Å². The minimum absolute atomic E-state index is 0.0411. The number of para-hydroxylation sites is 1. The number of rotatable bonds is 10. The maximum absolute atomic E-state index is 7.20. The second-order valence-corrected chi connectivity index (χ2v) is 21.7. The molecule has 0 bridgehead atoms. The van der Waals surface area contributed by atoms with Crippen LogP contribution < -0.4 is 9.30 Å². The van der Waals surface area contributed by atoms with Gasteiger partial charge >= 0.3 is 0 Å². The summed E-state index contributed by atoms with van der Waals surface area (Å²) < 4.78 is 13.9. The van der Waals surface area contributed by atoms with Gasteiger partial charge in [0.25, 0.3) is 6.33 Å². The minimum Gasteiger partial charge on any atom is -0.458 e. The van der Waals surface area contributed by atoms with E-state index in [-0.39, 0.29) is 21.7 Å². The number of hydrogen-bond donors (Lipinski definition) is 0. The van der Waals surface area contributed by atoms with Crippen molar-refractivity contribution in [1.29, 1.82) is 0 Å². The number of nitrogens with zero attached hydrogens (tertiary/aromatic N) is 4. The van der Waals surface area contributed by atoms with Crippen molar-refractivity contribution in [3.8, 4) is 39.8 Å². The van der Waals surface area contributed by atoms with Gasteiger partial charge in [0.05, 0.1) is 28.1 Å². The van der Waals surface area contributed by atoms with Gasteiger partial charge in [0.15, 0.2) is 0 Å². The van der Waals surface area contributed by atoms with Gasteiger partial charge in [-0.3, -0.25) is 13.7 Å². The Hall–Kier alpha value is -7.50. The normalized spacial score (nSPS) is 12.5. The van der Waals surface area contributed by atoms with Gasteiger partial charge in [0.1, 0.15) is 17.3 Å². The highest BCUT2D eigenvalue weighted by atomic mass is 16.5. The van der Waals surface area contributed by atoms with Crippen molar-refractivity contribution >= 4 is 21.8 Å². The van der Waals surface area contributed by atoms with Crippen LogP contribution in [0.1, 0.15) is 103 Å². The standard InChI is InChI=1S/C64H62N4O/c1-61(2,3)48-33-34-65-59(38-48)68-56-32-21-20-31-54(56)60-55(62(4,5)6)40-53(41-57(60)68)69-52-36-45(44-23-14-11-15-24-44)35-51(39-52)66-42-58(64(9,10)47-27-18-13-19-28-47)67(43-66)50-30-22-29-49(37-50)63(7,8)46-25-16-12-17-26-46/h11-42H,1-10H3. The predicted molar refractivity (Wildman–Crippen MR) is 285 cm³/mol. The maximum atomic E-state index is 7.20. The maximum Gasteiger partial charge on any atom is 0.269 e. The number of benzene rings is 7. The third kappa shape index (κ3) is 8.56. The summed E-state index contributed by atoms with van der Waals surface area (Å²) in [6, 6.07) is 65.1. The van der Waals surface area contributed by atoms with Gasteiger partial charge in [0, 0.05) is 40.1 Å². The molecule has 0 aliphatic heterocycles. The first-order chi connectivity index (χ1) is 33.0. The lowest BCUT2D eigenvalue weighted by atomic mass is 9.78. The van der Waals surface area contributed by atoms with Crippen LogP contribution >= 0.6 is 0 Å². The Bertz CT molecular complexity index is 3470. The second kappa shape index (κ2) is 17.2. The zero-order chi connectivity index (χ0) is 48.3. The van der Waals surface area contributed by atoms with Crippen molar-refractivity contribution in [2.45, 2.75) is 90.9 Å². The summed E-state index contributed by atoms with van der Waals surface area (Å²) in [6.07, 6.45) is 8.04. The van der Waals surface area contributed by atoms with Crippen LogP contribution in [0.5, 0.6) is 11.5 Å². The lowest BCUT2D eigenvalue weighted by Crippen LogP contribution is -2.40. The molecule has 10 rings (SSSR count). The van der Waals surface area contributed by atoms with Gasteiger partial charge in [-0.25, -0.2) is 4.98 Å². The van der Waals surface area contributed by atoms with Crippen LogP contribution in [-0.4, -0.2) is 14.1 Å². The average Bonchev–Trinajstić information content (AvgIpc) is 3.95. The van der Waals surface area contributed by atoms with E-state index < -0.39 is 0 Å². The molecule has 344 valence electrons. The molecule has 5 nitrogen and oxygen atoms in total. The summed E-state index contributed by atoms with van der Waals surface area (Å²) in [5.41, 5.74) is 12.7. The van der Waals surface area contributed by atoms with Crippen LogP contribution in [0.4, 0.5) is 0 Å². The number of fused-ring (bicyclic) bond motifs is 3. The molecule has 0 spiro atoms.